The maximum atomic E-state index is 11.0. The molecule has 1 aromatic carbocycles. The number of anilines is 1. The summed E-state index contributed by atoms with van der Waals surface area (Å²) in [5.74, 6) is 2.74. The molecule has 140 valence electrons. The van der Waals surface area contributed by atoms with Crippen LogP contribution < -0.4 is 10.6 Å². The SMILES string of the molecule is CCC(NC(=S)Nc1cccc([N+](=O)[O-])c1)C12CC3CC(CC(C3)C1)C2. The van der Waals surface area contributed by atoms with E-state index in [4.69, 9.17) is 12.2 Å². The Balaban J connectivity index is 1.44. The first kappa shape index (κ1) is 17.7. The molecule has 5 rings (SSSR count). The largest absolute Gasteiger partial charge is 0.359 e. The predicted octanol–water partition coefficient (Wildman–Crippen LogP) is 4.88. The molecule has 0 aromatic heterocycles. The number of nitro benzene ring substituents is 1. The highest BCUT2D eigenvalue weighted by Crippen LogP contribution is 2.61. The van der Waals surface area contributed by atoms with E-state index in [1.165, 1.54) is 50.7 Å². The third-order valence-electron chi connectivity index (χ3n) is 6.85. The Morgan fingerprint density at radius 3 is 2.42 bits per heavy atom. The lowest BCUT2D eigenvalue weighted by Gasteiger charge is -2.59. The third kappa shape index (κ3) is 3.31. The Bertz CT molecular complexity index is 685. The lowest BCUT2D eigenvalue weighted by Crippen LogP contribution is -2.57. The van der Waals surface area contributed by atoms with Crippen LogP contribution in [-0.2, 0) is 0 Å². The van der Waals surface area contributed by atoms with Gasteiger partial charge < -0.3 is 10.6 Å². The standard InChI is InChI=1S/C20H27N3O2S/c1-2-18(20-10-13-6-14(11-20)8-15(7-13)12-20)22-19(26)21-16-4-3-5-17(9-16)23(24)25/h3-5,9,13-15,18H,2,6-8,10-12H2,1H3,(H2,21,22,26). The molecule has 1 atom stereocenters. The van der Waals surface area contributed by atoms with Crippen molar-refractivity contribution in [3.05, 3.63) is 34.4 Å². The van der Waals surface area contributed by atoms with Gasteiger partial charge in [-0.25, -0.2) is 0 Å². The molecule has 2 N–H and O–H groups in total. The van der Waals surface area contributed by atoms with Crippen LogP contribution in [0.3, 0.4) is 0 Å². The fraction of sp³-hybridized carbons (Fsp3) is 0.650. The van der Waals surface area contributed by atoms with Gasteiger partial charge in [-0.15, -0.1) is 0 Å². The van der Waals surface area contributed by atoms with E-state index in [-0.39, 0.29) is 10.6 Å². The van der Waals surface area contributed by atoms with Crippen molar-refractivity contribution in [2.24, 2.45) is 23.2 Å². The van der Waals surface area contributed by atoms with Crippen molar-refractivity contribution < 1.29 is 4.92 Å². The molecule has 4 fully saturated rings. The number of rotatable bonds is 5. The maximum Gasteiger partial charge on any atom is 0.271 e. The molecule has 4 aliphatic rings. The molecule has 0 spiro atoms. The topological polar surface area (TPSA) is 67.2 Å². The summed E-state index contributed by atoms with van der Waals surface area (Å²) in [5, 5.41) is 18.3. The smallest absolute Gasteiger partial charge is 0.271 e. The lowest BCUT2D eigenvalue weighted by molar-refractivity contribution is -0.384. The van der Waals surface area contributed by atoms with Gasteiger partial charge in [-0.1, -0.05) is 13.0 Å². The summed E-state index contributed by atoms with van der Waals surface area (Å²) < 4.78 is 0. The van der Waals surface area contributed by atoms with Gasteiger partial charge in [-0.2, -0.15) is 0 Å². The fourth-order valence-electron chi connectivity index (χ4n) is 6.32. The van der Waals surface area contributed by atoms with Crippen molar-refractivity contribution in [2.45, 2.75) is 57.9 Å². The van der Waals surface area contributed by atoms with Gasteiger partial charge in [0.2, 0.25) is 0 Å². The van der Waals surface area contributed by atoms with Crippen molar-refractivity contribution in [1.29, 1.82) is 0 Å². The van der Waals surface area contributed by atoms with Crippen LogP contribution in [0.2, 0.25) is 0 Å². The van der Waals surface area contributed by atoms with Crippen LogP contribution in [0.4, 0.5) is 11.4 Å². The second-order valence-corrected chi connectivity index (χ2v) is 9.05. The van der Waals surface area contributed by atoms with E-state index in [0.29, 0.717) is 22.3 Å². The average Bonchev–Trinajstić information content (AvgIpc) is 2.58. The van der Waals surface area contributed by atoms with Gasteiger partial charge in [0.05, 0.1) is 4.92 Å². The maximum absolute atomic E-state index is 11.0. The van der Waals surface area contributed by atoms with Crippen LogP contribution in [0.25, 0.3) is 0 Å². The zero-order chi connectivity index (χ0) is 18.3. The zero-order valence-corrected chi connectivity index (χ0v) is 16.1. The molecule has 4 saturated carbocycles. The fourth-order valence-corrected chi connectivity index (χ4v) is 6.58. The minimum atomic E-state index is -0.383. The minimum Gasteiger partial charge on any atom is -0.359 e. The number of non-ortho nitro benzene ring substituents is 1. The predicted molar refractivity (Wildman–Crippen MR) is 107 cm³/mol. The molecule has 0 heterocycles. The number of benzene rings is 1. The number of nitrogens with one attached hydrogen (secondary N) is 2. The summed E-state index contributed by atoms with van der Waals surface area (Å²) in [7, 11) is 0. The first-order valence-corrected chi connectivity index (χ1v) is 10.2. The Hall–Kier alpha value is -1.69. The molecule has 0 radical (unpaired) electrons. The zero-order valence-electron chi connectivity index (χ0n) is 15.2. The molecule has 6 heteroatoms. The van der Waals surface area contributed by atoms with Crippen molar-refractivity contribution in [3.63, 3.8) is 0 Å². The van der Waals surface area contributed by atoms with Gasteiger partial charge in [0.1, 0.15) is 0 Å². The first-order chi connectivity index (χ1) is 12.5. The Morgan fingerprint density at radius 1 is 1.27 bits per heavy atom. The van der Waals surface area contributed by atoms with Crippen molar-refractivity contribution >= 4 is 28.7 Å². The molecule has 0 aliphatic heterocycles. The third-order valence-corrected chi connectivity index (χ3v) is 7.07. The monoisotopic (exact) mass is 373 g/mol. The van der Waals surface area contributed by atoms with Gasteiger partial charge in [0, 0.05) is 23.9 Å². The summed E-state index contributed by atoms with van der Waals surface area (Å²) in [6, 6.07) is 6.90. The Morgan fingerprint density at radius 2 is 1.88 bits per heavy atom. The van der Waals surface area contributed by atoms with Crippen LogP contribution in [0.15, 0.2) is 24.3 Å². The van der Waals surface area contributed by atoms with E-state index in [1.54, 1.807) is 6.07 Å². The molecule has 4 bridgehead atoms. The summed E-state index contributed by atoms with van der Waals surface area (Å²) >= 11 is 5.55. The van der Waals surface area contributed by atoms with Gasteiger partial charge in [-0.05, 0) is 86.4 Å². The highest BCUT2D eigenvalue weighted by atomic mass is 32.1. The number of nitrogens with zero attached hydrogens (tertiary/aromatic N) is 1. The molecule has 0 amide bonds. The molecular weight excluding hydrogens is 346 g/mol. The minimum absolute atomic E-state index is 0.0749. The molecule has 1 unspecified atom stereocenters. The summed E-state index contributed by atoms with van der Waals surface area (Å²) in [5.41, 5.74) is 1.13. The van der Waals surface area contributed by atoms with Crippen LogP contribution in [0.1, 0.15) is 51.9 Å². The molecule has 1 aromatic rings. The van der Waals surface area contributed by atoms with Gasteiger partial charge >= 0.3 is 0 Å². The number of nitro groups is 1. The molecule has 26 heavy (non-hydrogen) atoms. The van der Waals surface area contributed by atoms with E-state index in [2.05, 4.69) is 17.6 Å². The number of thiocarbonyl (C=S) groups is 1. The molecule has 0 saturated heterocycles. The van der Waals surface area contributed by atoms with Crippen molar-refractivity contribution in [3.8, 4) is 0 Å². The number of hydrogen-bond donors (Lipinski definition) is 2. The molecular formula is C20H27N3O2S. The second-order valence-electron chi connectivity index (χ2n) is 8.65. The van der Waals surface area contributed by atoms with E-state index in [9.17, 15) is 10.1 Å². The Labute approximate surface area is 160 Å². The van der Waals surface area contributed by atoms with E-state index in [1.807, 2.05) is 6.07 Å². The van der Waals surface area contributed by atoms with Gasteiger partial charge in [0.25, 0.3) is 5.69 Å². The van der Waals surface area contributed by atoms with Crippen LogP contribution in [0.5, 0.6) is 0 Å². The van der Waals surface area contributed by atoms with Crippen molar-refractivity contribution in [2.75, 3.05) is 5.32 Å². The quantitative estimate of drug-likeness (QED) is 0.437. The van der Waals surface area contributed by atoms with Gasteiger partial charge in [-0.3, -0.25) is 10.1 Å². The summed E-state index contributed by atoms with van der Waals surface area (Å²) in [4.78, 5) is 10.6. The second kappa shape index (κ2) is 6.80. The van der Waals surface area contributed by atoms with E-state index in [0.717, 1.165) is 24.2 Å². The average molecular weight is 374 g/mol. The van der Waals surface area contributed by atoms with Crippen molar-refractivity contribution in [1.82, 2.24) is 5.32 Å². The molecule has 4 aliphatic carbocycles. The normalized spacial score (nSPS) is 32.9. The van der Waals surface area contributed by atoms with E-state index >= 15 is 0 Å². The summed E-state index contributed by atoms with van der Waals surface area (Å²) in [6.07, 6.45) is 9.38. The van der Waals surface area contributed by atoms with Crippen LogP contribution in [-0.4, -0.2) is 16.1 Å². The highest BCUT2D eigenvalue weighted by Gasteiger charge is 2.53. The lowest BCUT2D eigenvalue weighted by atomic mass is 9.47. The number of hydrogen-bond acceptors (Lipinski definition) is 3. The molecule has 5 nitrogen and oxygen atoms in total. The van der Waals surface area contributed by atoms with Crippen LogP contribution >= 0.6 is 12.2 Å². The van der Waals surface area contributed by atoms with Crippen LogP contribution in [0, 0.1) is 33.3 Å². The van der Waals surface area contributed by atoms with Gasteiger partial charge in [0.15, 0.2) is 5.11 Å². The summed E-state index contributed by atoms with van der Waals surface area (Å²) in [6.45, 7) is 2.24. The van der Waals surface area contributed by atoms with E-state index < -0.39 is 0 Å². The first-order valence-electron chi connectivity index (χ1n) is 9.79. The Kier molecular flexibility index (Phi) is 4.63. The highest BCUT2D eigenvalue weighted by molar-refractivity contribution is 7.80.